The Hall–Kier alpha value is -1.94. The summed E-state index contributed by atoms with van der Waals surface area (Å²) in [6, 6.07) is 0. The summed E-state index contributed by atoms with van der Waals surface area (Å²) >= 11 is 0. The second-order valence-corrected chi connectivity index (χ2v) is 31.5. The Balaban J connectivity index is 5.19. The van der Waals surface area contributed by atoms with Crippen LogP contribution < -0.4 is 0 Å². The van der Waals surface area contributed by atoms with E-state index in [9.17, 15) is 43.2 Å². The number of aliphatic hydroxyl groups excluding tert-OH is 1. The van der Waals surface area contributed by atoms with Gasteiger partial charge in [0.25, 0.3) is 0 Å². The van der Waals surface area contributed by atoms with Crippen LogP contribution in [0.15, 0.2) is 0 Å². The number of carbonyl (C=O) groups excluding carboxylic acids is 4. The summed E-state index contributed by atoms with van der Waals surface area (Å²) in [7, 11) is -9.91. The predicted octanol–water partition coefficient (Wildman–Crippen LogP) is 23.3. The van der Waals surface area contributed by atoms with Crippen LogP contribution in [0.25, 0.3) is 0 Å². The standard InChI is InChI=1S/C78H152O17P2/c1-6-9-12-15-18-21-23-25-30-34-38-42-47-52-57-62-76(81)89-68-74(95-78(83)64-59-54-49-44-39-35-32-29-27-26-28-31-33-36-41-45-50-55-60-71(4)5)70-93-97(86,87)91-66-72(79)65-90-96(84,85)92-69-73(67-88-75(80)61-56-51-46-40-20-17-14-11-8-3)94-77(82)63-58-53-48-43-37-24-22-19-16-13-10-7-2/h71-74,79H,6-70H2,1-5H3,(H,84,85)(H,86,87)/t72-,73+,74+/m0/s1. The van der Waals surface area contributed by atoms with Crippen molar-refractivity contribution in [3.8, 4) is 0 Å². The molecular formula is C78H152O17P2. The monoisotopic (exact) mass is 1420 g/mol. The maximum absolute atomic E-state index is 13.1. The van der Waals surface area contributed by atoms with Gasteiger partial charge in [-0.25, -0.2) is 9.13 Å². The Bertz CT molecular complexity index is 1860. The van der Waals surface area contributed by atoms with Crippen LogP contribution in [0.5, 0.6) is 0 Å². The number of phosphoric acid groups is 2. The predicted molar refractivity (Wildman–Crippen MR) is 395 cm³/mol. The van der Waals surface area contributed by atoms with Gasteiger partial charge in [-0.3, -0.25) is 37.3 Å². The Morgan fingerprint density at radius 1 is 0.278 bits per heavy atom. The normalized spacial score (nSPS) is 13.9. The first-order valence-corrected chi connectivity index (χ1v) is 43.6. The van der Waals surface area contributed by atoms with E-state index in [0.717, 1.165) is 95.8 Å². The highest BCUT2D eigenvalue weighted by Gasteiger charge is 2.30. The lowest BCUT2D eigenvalue weighted by Crippen LogP contribution is -2.30. The van der Waals surface area contributed by atoms with Crippen molar-refractivity contribution in [1.82, 2.24) is 0 Å². The maximum atomic E-state index is 13.1. The molecule has 19 heteroatoms. The number of unbranched alkanes of at least 4 members (excludes halogenated alkanes) is 50. The number of hydrogen-bond donors (Lipinski definition) is 3. The number of aliphatic hydroxyl groups is 1. The van der Waals surface area contributed by atoms with Gasteiger partial charge in [0.1, 0.15) is 19.3 Å². The molecule has 0 aromatic carbocycles. The summed E-state index contributed by atoms with van der Waals surface area (Å²) in [6.45, 7) is 7.33. The van der Waals surface area contributed by atoms with E-state index in [2.05, 4.69) is 34.6 Å². The Morgan fingerprint density at radius 3 is 0.701 bits per heavy atom. The second-order valence-electron chi connectivity index (χ2n) is 28.6. The van der Waals surface area contributed by atoms with E-state index >= 15 is 0 Å². The lowest BCUT2D eigenvalue weighted by Gasteiger charge is -2.21. The number of ether oxygens (including phenoxy) is 4. The third-order valence-electron chi connectivity index (χ3n) is 18.3. The molecule has 0 saturated heterocycles. The summed E-state index contributed by atoms with van der Waals surface area (Å²) in [5.41, 5.74) is 0. The Morgan fingerprint density at radius 2 is 0.474 bits per heavy atom. The summed E-state index contributed by atoms with van der Waals surface area (Å²) in [6.07, 6.45) is 61.0. The molecule has 3 N–H and O–H groups in total. The van der Waals surface area contributed by atoms with E-state index in [0.29, 0.717) is 25.7 Å². The van der Waals surface area contributed by atoms with E-state index in [4.69, 9.17) is 37.0 Å². The second kappa shape index (κ2) is 71.1. The van der Waals surface area contributed by atoms with Crippen molar-refractivity contribution in [3.63, 3.8) is 0 Å². The molecule has 0 aromatic rings. The molecule has 17 nitrogen and oxygen atoms in total. The quantitative estimate of drug-likeness (QED) is 0.0222. The fraction of sp³-hybridized carbons (Fsp3) is 0.949. The Labute approximate surface area is 594 Å². The van der Waals surface area contributed by atoms with E-state index in [1.165, 1.54) is 238 Å². The topological polar surface area (TPSA) is 237 Å². The number of hydrogen-bond acceptors (Lipinski definition) is 15. The van der Waals surface area contributed by atoms with Crippen molar-refractivity contribution in [2.24, 2.45) is 5.92 Å². The van der Waals surface area contributed by atoms with E-state index in [1.807, 2.05) is 0 Å². The van der Waals surface area contributed by atoms with Crippen molar-refractivity contribution in [1.29, 1.82) is 0 Å². The average molecular weight is 1420 g/mol. The van der Waals surface area contributed by atoms with E-state index in [-0.39, 0.29) is 25.7 Å². The van der Waals surface area contributed by atoms with Crippen molar-refractivity contribution in [3.05, 3.63) is 0 Å². The van der Waals surface area contributed by atoms with Crippen LogP contribution in [0.1, 0.15) is 413 Å². The first kappa shape index (κ1) is 95.1. The van der Waals surface area contributed by atoms with Crippen LogP contribution in [-0.4, -0.2) is 96.7 Å². The number of carbonyl (C=O) groups is 4. The molecule has 97 heavy (non-hydrogen) atoms. The molecule has 0 heterocycles. The molecule has 0 radical (unpaired) electrons. The van der Waals surface area contributed by atoms with Gasteiger partial charge in [-0.2, -0.15) is 0 Å². The molecule has 0 fully saturated rings. The first-order valence-electron chi connectivity index (χ1n) is 40.6. The molecular weight excluding hydrogens is 1270 g/mol. The van der Waals surface area contributed by atoms with Crippen LogP contribution >= 0.6 is 15.6 Å². The molecule has 0 spiro atoms. The zero-order chi connectivity index (χ0) is 71.2. The number of phosphoric ester groups is 2. The zero-order valence-corrected chi connectivity index (χ0v) is 65.0. The molecule has 0 amide bonds. The van der Waals surface area contributed by atoms with Crippen molar-refractivity contribution in [2.45, 2.75) is 432 Å². The lowest BCUT2D eigenvalue weighted by atomic mass is 10.0. The van der Waals surface area contributed by atoms with Crippen molar-refractivity contribution < 1.29 is 80.2 Å². The van der Waals surface area contributed by atoms with Crippen LogP contribution in [0.4, 0.5) is 0 Å². The van der Waals surface area contributed by atoms with Gasteiger partial charge in [-0.15, -0.1) is 0 Å². The highest BCUT2D eigenvalue weighted by Crippen LogP contribution is 2.45. The lowest BCUT2D eigenvalue weighted by molar-refractivity contribution is -0.161. The first-order chi connectivity index (χ1) is 47.0. The molecule has 0 aliphatic heterocycles. The summed E-state index contributed by atoms with van der Waals surface area (Å²) in [5, 5.41) is 10.6. The van der Waals surface area contributed by atoms with Crippen LogP contribution in [-0.2, 0) is 65.4 Å². The van der Waals surface area contributed by atoms with E-state index < -0.39 is 97.5 Å². The van der Waals surface area contributed by atoms with Gasteiger partial charge in [0.2, 0.25) is 0 Å². The third-order valence-corrected chi connectivity index (χ3v) is 20.2. The molecule has 0 saturated carbocycles. The molecule has 0 aromatic heterocycles. The molecule has 0 aliphatic rings. The average Bonchev–Trinajstić information content (AvgIpc) is 3.69. The van der Waals surface area contributed by atoms with Crippen LogP contribution in [0.2, 0.25) is 0 Å². The highest BCUT2D eigenvalue weighted by molar-refractivity contribution is 7.47. The van der Waals surface area contributed by atoms with Gasteiger partial charge in [0, 0.05) is 25.7 Å². The van der Waals surface area contributed by atoms with Crippen molar-refractivity contribution in [2.75, 3.05) is 39.6 Å². The molecule has 5 atom stereocenters. The summed E-state index contributed by atoms with van der Waals surface area (Å²) < 4.78 is 68.5. The molecule has 576 valence electrons. The van der Waals surface area contributed by atoms with Gasteiger partial charge in [-0.05, 0) is 31.6 Å². The minimum absolute atomic E-state index is 0.108. The largest absolute Gasteiger partial charge is 0.472 e. The van der Waals surface area contributed by atoms with Gasteiger partial charge in [0.05, 0.1) is 26.4 Å². The SMILES string of the molecule is CCCCCCCCCCCCCCCCCC(=O)OC[C@H](COP(=O)(O)OC[C@@H](O)COP(=O)(O)OC[C@@H](COC(=O)CCCCCCCCCCC)OC(=O)CCCCCCCCCCCCCC)OC(=O)CCCCCCCCCCCCCCCCCCCCC(C)C. The minimum Gasteiger partial charge on any atom is -0.462 e. The fourth-order valence-electron chi connectivity index (χ4n) is 12.1. The van der Waals surface area contributed by atoms with Crippen LogP contribution in [0, 0.1) is 5.92 Å². The maximum Gasteiger partial charge on any atom is 0.472 e. The molecule has 2 unspecified atom stereocenters. The number of rotatable bonds is 78. The smallest absolute Gasteiger partial charge is 0.462 e. The molecule has 0 rings (SSSR count). The van der Waals surface area contributed by atoms with Gasteiger partial charge >= 0.3 is 39.5 Å². The third kappa shape index (κ3) is 72.2. The molecule has 0 aliphatic carbocycles. The molecule has 0 bridgehead atoms. The highest BCUT2D eigenvalue weighted by atomic mass is 31.2. The zero-order valence-electron chi connectivity index (χ0n) is 63.2. The summed E-state index contributed by atoms with van der Waals surface area (Å²) in [5.74, 6) is -1.29. The fourth-order valence-corrected chi connectivity index (χ4v) is 13.6. The summed E-state index contributed by atoms with van der Waals surface area (Å²) in [4.78, 5) is 72.8. The van der Waals surface area contributed by atoms with Gasteiger partial charge in [0.15, 0.2) is 12.2 Å². The van der Waals surface area contributed by atoms with Gasteiger partial charge in [-0.1, -0.05) is 362 Å². The van der Waals surface area contributed by atoms with Crippen LogP contribution in [0.3, 0.4) is 0 Å². The Kier molecular flexibility index (Phi) is 69.6. The van der Waals surface area contributed by atoms with Crippen molar-refractivity contribution >= 4 is 39.5 Å². The minimum atomic E-state index is -4.96. The number of esters is 4. The van der Waals surface area contributed by atoms with Gasteiger partial charge < -0.3 is 33.8 Å². The van der Waals surface area contributed by atoms with E-state index in [1.54, 1.807) is 0 Å².